The van der Waals surface area contributed by atoms with Gasteiger partial charge in [-0.15, -0.1) is 0 Å². The molecule has 0 heterocycles. The Balaban J connectivity index is 3.11. The Bertz CT molecular complexity index is 496. The minimum absolute atomic E-state index is 0.172. The Morgan fingerprint density at radius 1 is 1.31 bits per heavy atom. The summed E-state index contributed by atoms with van der Waals surface area (Å²) in [5, 5.41) is 0. The van der Waals surface area contributed by atoms with Gasteiger partial charge in [0.1, 0.15) is 0 Å². The van der Waals surface area contributed by atoms with Gasteiger partial charge in [-0.25, -0.2) is 0 Å². The summed E-state index contributed by atoms with van der Waals surface area (Å²) in [7, 11) is -5.40. The summed E-state index contributed by atoms with van der Waals surface area (Å²) in [6.07, 6.45) is 0. The Kier molecular flexibility index (Phi) is 3.04. The van der Waals surface area contributed by atoms with Crippen molar-refractivity contribution in [1.82, 2.24) is 0 Å². The highest BCUT2D eigenvalue weighted by atomic mass is 32.2. The van der Waals surface area contributed by atoms with Gasteiger partial charge in [-0.2, -0.15) is 21.6 Å². The maximum absolute atomic E-state index is 12.1. The van der Waals surface area contributed by atoms with Crippen LogP contribution in [-0.4, -0.2) is 13.9 Å². The molecule has 1 aromatic rings. The van der Waals surface area contributed by atoms with Crippen molar-refractivity contribution in [1.29, 1.82) is 0 Å². The summed E-state index contributed by atoms with van der Waals surface area (Å²) in [5.74, 6) is 0. The van der Waals surface area contributed by atoms with E-state index in [0.29, 0.717) is 5.56 Å². The van der Waals surface area contributed by atoms with Crippen LogP contribution in [0.15, 0.2) is 18.2 Å². The molecule has 0 spiro atoms. The molecule has 90 valence electrons. The standard InChI is InChI=1S/C8H9F3N2O2S/c1-5-2-3-6(12)4-7(5)13-16(14,15)8(9,10)11/h2-4,13H,12H2,1H3. The Labute approximate surface area is 90.3 Å². The minimum Gasteiger partial charge on any atom is -0.399 e. The fraction of sp³-hybridized carbons (Fsp3) is 0.250. The van der Waals surface area contributed by atoms with Crippen LogP contribution in [0.25, 0.3) is 0 Å². The first kappa shape index (κ1) is 12.6. The number of nitrogen functional groups attached to an aromatic ring is 1. The topological polar surface area (TPSA) is 72.2 Å². The molecule has 8 heteroatoms. The molecule has 0 radical (unpaired) electrons. The number of aryl methyl sites for hydroxylation is 1. The second kappa shape index (κ2) is 3.85. The van der Waals surface area contributed by atoms with E-state index in [4.69, 9.17) is 5.73 Å². The highest BCUT2D eigenvalue weighted by Crippen LogP contribution is 2.27. The Morgan fingerprint density at radius 2 is 1.88 bits per heavy atom. The van der Waals surface area contributed by atoms with Crippen LogP contribution in [0, 0.1) is 6.92 Å². The zero-order valence-corrected chi connectivity index (χ0v) is 8.98. The van der Waals surface area contributed by atoms with E-state index in [1.165, 1.54) is 23.8 Å². The highest BCUT2D eigenvalue weighted by Gasteiger charge is 2.46. The SMILES string of the molecule is Cc1ccc(N)cc1NS(=O)(=O)C(F)(F)F. The third kappa shape index (κ3) is 2.57. The number of hydrogen-bond donors (Lipinski definition) is 2. The van der Waals surface area contributed by atoms with Crippen LogP contribution in [0.2, 0.25) is 0 Å². The van der Waals surface area contributed by atoms with Gasteiger partial charge in [0, 0.05) is 5.69 Å². The van der Waals surface area contributed by atoms with Crippen LogP contribution >= 0.6 is 0 Å². The van der Waals surface area contributed by atoms with Crippen LogP contribution in [-0.2, 0) is 10.0 Å². The molecule has 0 saturated carbocycles. The predicted molar refractivity (Wildman–Crippen MR) is 54.2 cm³/mol. The lowest BCUT2D eigenvalue weighted by atomic mass is 10.2. The summed E-state index contributed by atoms with van der Waals surface area (Å²) in [4.78, 5) is 0. The van der Waals surface area contributed by atoms with Crippen LogP contribution < -0.4 is 10.5 Å². The van der Waals surface area contributed by atoms with Gasteiger partial charge in [-0.3, -0.25) is 4.72 Å². The third-order valence-electron chi connectivity index (χ3n) is 1.81. The molecule has 0 aromatic heterocycles. The predicted octanol–water partition coefficient (Wildman–Crippen LogP) is 1.84. The van der Waals surface area contributed by atoms with Gasteiger partial charge in [-0.05, 0) is 24.6 Å². The number of halogens is 3. The number of alkyl halides is 3. The number of hydrogen-bond acceptors (Lipinski definition) is 3. The fourth-order valence-electron chi connectivity index (χ4n) is 0.952. The largest absolute Gasteiger partial charge is 0.516 e. The van der Waals surface area contributed by atoms with E-state index in [-0.39, 0.29) is 11.4 Å². The molecular weight excluding hydrogens is 245 g/mol. The Morgan fingerprint density at radius 3 is 2.38 bits per heavy atom. The fourth-order valence-corrected chi connectivity index (χ4v) is 1.58. The average Bonchev–Trinajstić information content (AvgIpc) is 2.09. The van der Waals surface area contributed by atoms with E-state index in [9.17, 15) is 21.6 Å². The zero-order valence-electron chi connectivity index (χ0n) is 8.17. The minimum atomic E-state index is -5.40. The summed E-state index contributed by atoms with van der Waals surface area (Å²) in [6.45, 7) is 1.47. The molecule has 1 rings (SSSR count). The molecule has 0 aliphatic carbocycles. The van der Waals surface area contributed by atoms with Gasteiger partial charge in [0.15, 0.2) is 0 Å². The first-order valence-corrected chi connectivity index (χ1v) is 5.57. The molecule has 0 unspecified atom stereocenters. The second-order valence-corrected chi connectivity index (χ2v) is 4.80. The van der Waals surface area contributed by atoms with Crippen LogP contribution in [0.3, 0.4) is 0 Å². The molecular formula is C8H9F3N2O2S. The van der Waals surface area contributed by atoms with Crippen molar-refractivity contribution < 1.29 is 21.6 Å². The first-order valence-electron chi connectivity index (χ1n) is 4.09. The molecule has 0 atom stereocenters. The number of benzene rings is 1. The second-order valence-electron chi connectivity index (χ2n) is 3.13. The van der Waals surface area contributed by atoms with Crippen LogP contribution in [0.4, 0.5) is 24.5 Å². The number of sulfonamides is 1. The normalized spacial score (nSPS) is 12.5. The molecule has 0 aliphatic heterocycles. The van der Waals surface area contributed by atoms with E-state index in [1.54, 1.807) is 0 Å². The number of anilines is 2. The summed E-state index contributed by atoms with van der Waals surface area (Å²) >= 11 is 0. The van der Waals surface area contributed by atoms with E-state index < -0.39 is 15.5 Å². The lowest BCUT2D eigenvalue weighted by molar-refractivity contribution is -0.0429. The quantitative estimate of drug-likeness (QED) is 0.791. The molecule has 3 N–H and O–H groups in total. The molecule has 0 bridgehead atoms. The molecule has 0 saturated heterocycles. The third-order valence-corrected chi connectivity index (χ3v) is 2.91. The van der Waals surface area contributed by atoms with Crippen molar-refractivity contribution in [2.75, 3.05) is 10.5 Å². The lowest BCUT2D eigenvalue weighted by Crippen LogP contribution is -2.30. The highest BCUT2D eigenvalue weighted by molar-refractivity contribution is 7.93. The van der Waals surface area contributed by atoms with E-state index >= 15 is 0 Å². The van der Waals surface area contributed by atoms with Crippen molar-refractivity contribution in [2.45, 2.75) is 12.4 Å². The summed E-state index contributed by atoms with van der Waals surface area (Å²) in [5.41, 5.74) is 0.334. The maximum atomic E-state index is 12.1. The molecule has 16 heavy (non-hydrogen) atoms. The van der Waals surface area contributed by atoms with E-state index in [1.807, 2.05) is 0 Å². The van der Waals surface area contributed by atoms with Gasteiger partial charge in [0.25, 0.3) is 0 Å². The summed E-state index contributed by atoms with van der Waals surface area (Å²) < 4.78 is 59.3. The van der Waals surface area contributed by atoms with Crippen LogP contribution in [0.1, 0.15) is 5.56 Å². The number of nitrogens with two attached hydrogens (primary N) is 1. The van der Waals surface area contributed by atoms with Gasteiger partial charge in [-0.1, -0.05) is 6.07 Å². The monoisotopic (exact) mass is 254 g/mol. The molecule has 0 fully saturated rings. The van der Waals surface area contributed by atoms with Crippen molar-refractivity contribution in [2.24, 2.45) is 0 Å². The van der Waals surface area contributed by atoms with Gasteiger partial charge >= 0.3 is 15.5 Å². The summed E-state index contributed by atoms with van der Waals surface area (Å²) in [6, 6.07) is 4.00. The molecule has 4 nitrogen and oxygen atoms in total. The van der Waals surface area contributed by atoms with Crippen molar-refractivity contribution in [3.05, 3.63) is 23.8 Å². The Hall–Kier alpha value is -1.44. The zero-order chi connectivity index (χ0) is 12.6. The number of nitrogens with one attached hydrogen (secondary N) is 1. The van der Waals surface area contributed by atoms with Gasteiger partial charge in [0.05, 0.1) is 5.69 Å². The van der Waals surface area contributed by atoms with Crippen molar-refractivity contribution in [3.8, 4) is 0 Å². The average molecular weight is 254 g/mol. The number of rotatable bonds is 2. The molecule has 0 aliphatic rings. The van der Waals surface area contributed by atoms with Crippen LogP contribution in [0.5, 0.6) is 0 Å². The van der Waals surface area contributed by atoms with Crippen molar-refractivity contribution >= 4 is 21.4 Å². The molecule has 1 aromatic carbocycles. The molecule has 0 amide bonds. The van der Waals surface area contributed by atoms with Gasteiger partial charge in [0.2, 0.25) is 0 Å². The maximum Gasteiger partial charge on any atom is 0.516 e. The lowest BCUT2D eigenvalue weighted by Gasteiger charge is -2.12. The van der Waals surface area contributed by atoms with E-state index in [2.05, 4.69) is 0 Å². The first-order chi connectivity index (χ1) is 7.13. The van der Waals surface area contributed by atoms with Gasteiger partial charge < -0.3 is 5.73 Å². The van der Waals surface area contributed by atoms with E-state index in [0.717, 1.165) is 6.07 Å². The smallest absolute Gasteiger partial charge is 0.399 e. The van der Waals surface area contributed by atoms with Crippen molar-refractivity contribution in [3.63, 3.8) is 0 Å².